The number of rotatable bonds is 4. The van der Waals surface area contributed by atoms with E-state index < -0.39 is 0 Å². The molecule has 0 amide bonds. The van der Waals surface area contributed by atoms with Gasteiger partial charge >= 0.3 is 6.01 Å². The lowest BCUT2D eigenvalue weighted by Crippen LogP contribution is -2.22. The van der Waals surface area contributed by atoms with Gasteiger partial charge in [-0.25, -0.2) is 5.84 Å². The minimum absolute atomic E-state index is 0.238. The number of anilines is 2. The van der Waals surface area contributed by atoms with Crippen molar-refractivity contribution in [3.8, 4) is 11.8 Å². The predicted octanol–water partition coefficient (Wildman–Crippen LogP) is 2.15. The molecule has 2 aromatic rings. The fourth-order valence-corrected chi connectivity index (χ4v) is 2.67. The highest BCUT2D eigenvalue weighted by Gasteiger charge is 2.18. The molecule has 21 heavy (non-hydrogen) atoms. The van der Waals surface area contributed by atoms with Crippen molar-refractivity contribution in [3.63, 3.8) is 0 Å². The van der Waals surface area contributed by atoms with E-state index in [0.29, 0.717) is 17.6 Å². The third kappa shape index (κ3) is 3.50. The van der Waals surface area contributed by atoms with Gasteiger partial charge in [0.2, 0.25) is 11.9 Å². The van der Waals surface area contributed by atoms with Crippen molar-refractivity contribution in [1.82, 2.24) is 15.0 Å². The van der Waals surface area contributed by atoms with Gasteiger partial charge in [-0.15, -0.1) is 0 Å². The van der Waals surface area contributed by atoms with Gasteiger partial charge in [-0.05, 0) is 53.6 Å². The van der Waals surface area contributed by atoms with Gasteiger partial charge in [-0.1, -0.05) is 6.07 Å². The lowest BCUT2D eigenvalue weighted by Gasteiger charge is -2.16. The Labute approximate surface area is 136 Å². The van der Waals surface area contributed by atoms with Crippen LogP contribution in [0, 0.1) is 3.57 Å². The van der Waals surface area contributed by atoms with E-state index in [-0.39, 0.29) is 6.01 Å². The minimum atomic E-state index is 0.238. The molecular formula is C13H15IN6O. The summed E-state index contributed by atoms with van der Waals surface area (Å²) in [7, 11) is 0. The predicted molar refractivity (Wildman–Crippen MR) is 88.3 cm³/mol. The van der Waals surface area contributed by atoms with Crippen molar-refractivity contribution in [2.45, 2.75) is 12.8 Å². The summed E-state index contributed by atoms with van der Waals surface area (Å²) in [6, 6.07) is 7.92. The SMILES string of the molecule is NNc1nc(Oc2cccc(I)c2)nc(N2CCCC2)n1. The van der Waals surface area contributed by atoms with Crippen LogP contribution in [0.4, 0.5) is 11.9 Å². The number of hydrazine groups is 1. The summed E-state index contributed by atoms with van der Waals surface area (Å²) >= 11 is 2.23. The Kier molecular flexibility index (Phi) is 4.34. The Bertz CT molecular complexity index is 632. The molecule has 1 aliphatic heterocycles. The quantitative estimate of drug-likeness (QED) is 0.464. The number of hydrogen-bond donors (Lipinski definition) is 2. The van der Waals surface area contributed by atoms with Gasteiger partial charge in [0.15, 0.2) is 0 Å². The summed E-state index contributed by atoms with van der Waals surface area (Å²) in [5.41, 5.74) is 2.46. The maximum absolute atomic E-state index is 5.71. The van der Waals surface area contributed by atoms with Crippen molar-refractivity contribution in [2.75, 3.05) is 23.4 Å². The molecule has 0 saturated carbocycles. The van der Waals surface area contributed by atoms with Crippen molar-refractivity contribution in [1.29, 1.82) is 0 Å². The second-order valence-corrected chi connectivity index (χ2v) is 5.89. The number of nitrogens with two attached hydrogens (primary N) is 1. The smallest absolute Gasteiger partial charge is 0.328 e. The van der Waals surface area contributed by atoms with Crippen LogP contribution in [0.25, 0.3) is 0 Å². The second-order valence-electron chi connectivity index (χ2n) is 4.64. The minimum Gasteiger partial charge on any atom is -0.424 e. The summed E-state index contributed by atoms with van der Waals surface area (Å²) in [6.07, 6.45) is 2.29. The summed E-state index contributed by atoms with van der Waals surface area (Å²) in [5, 5.41) is 0. The van der Waals surface area contributed by atoms with Crippen LogP contribution in [-0.2, 0) is 0 Å². The van der Waals surface area contributed by atoms with E-state index >= 15 is 0 Å². The third-order valence-electron chi connectivity index (χ3n) is 3.13. The molecule has 3 N–H and O–H groups in total. The third-order valence-corrected chi connectivity index (χ3v) is 3.80. The zero-order chi connectivity index (χ0) is 14.7. The van der Waals surface area contributed by atoms with Gasteiger partial charge < -0.3 is 9.64 Å². The number of nitrogens with one attached hydrogen (secondary N) is 1. The average molecular weight is 398 g/mol. The first-order valence-electron chi connectivity index (χ1n) is 6.65. The van der Waals surface area contributed by atoms with Crippen LogP contribution >= 0.6 is 22.6 Å². The first kappa shape index (κ1) is 14.3. The number of halogens is 1. The fourth-order valence-electron chi connectivity index (χ4n) is 2.15. The Hall–Kier alpha value is -1.68. The molecule has 1 aromatic carbocycles. The fraction of sp³-hybridized carbons (Fsp3) is 0.308. The zero-order valence-corrected chi connectivity index (χ0v) is 13.4. The van der Waals surface area contributed by atoms with Crippen LogP contribution in [0.1, 0.15) is 12.8 Å². The van der Waals surface area contributed by atoms with Crippen LogP contribution in [0.3, 0.4) is 0 Å². The van der Waals surface area contributed by atoms with Crippen LogP contribution in [-0.4, -0.2) is 28.0 Å². The van der Waals surface area contributed by atoms with Gasteiger partial charge in [0.25, 0.3) is 0 Å². The molecule has 3 rings (SSSR count). The molecule has 110 valence electrons. The van der Waals surface area contributed by atoms with Gasteiger partial charge in [0, 0.05) is 16.7 Å². The molecule has 1 aromatic heterocycles. The molecule has 1 saturated heterocycles. The Morgan fingerprint density at radius 1 is 1.19 bits per heavy atom. The van der Waals surface area contributed by atoms with Crippen LogP contribution in [0.2, 0.25) is 0 Å². The first-order chi connectivity index (χ1) is 10.2. The number of nitrogen functional groups attached to an aromatic ring is 1. The van der Waals surface area contributed by atoms with E-state index in [1.165, 1.54) is 0 Å². The molecule has 7 nitrogen and oxygen atoms in total. The van der Waals surface area contributed by atoms with E-state index in [1.807, 2.05) is 24.3 Å². The highest BCUT2D eigenvalue weighted by molar-refractivity contribution is 14.1. The van der Waals surface area contributed by atoms with Crippen LogP contribution < -0.4 is 20.9 Å². The molecule has 0 spiro atoms. The number of ether oxygens (including phenoxy) is 1. The summed E-state index contributed by atoms with van der Waals surface area (Å²) < 4.78 is 6.79. The van der Waals surface area contributed by atoms with Gasteiger partial charge in [-0.3, -0.25) is 5.43 Å². The lowest BCUT2D eigenvalue weighted by atomic mass is 10.3. The molecule has 1 fully saturated rings. The van der Waals surface area contributed by atoms with Crippen molar-refractivity contribution in [3.05, 3.63) is 27.8 Å². The van der Waals surface area contributed by atoms with Gasteiger partial charge in [-0.2, -0.15) is 15.0 Å². The molecule has 2 heterocycles. The molecule has 0 aliphatic carbocycles. The molecule has 0 atom stereocenters. The molecular weight excluding hydrogens is 383 g/mol. The molecule has 0 bridgehead atoms. The zero-order valence-electron chi connectivity index (χ0n) is 11.3. The molecule has 0 radical (unpaired) electrons. The summed E-state index contributed by atoms with van der Waals surface area (Å²) in [4.78, 5) is 14.9. The number of benzene rings is 1. The Balaban J connectivity index is 1.88. The van der Waals surface area contributed by atoms with E-state index in [1.54, 1.807) is 0 Å². The number of aromatic nitrogens is 3. The number of hydrogen-bond acceptors (Lipinski definition) is 7. The van der Waals surface area contributed by atoms with Crippen LogP contribution in [0.5, 0.6) is 11.8 Å². The number of nitrogens with zero attached hydrogens (tertiary/aromatic N) is 4. The molecule has 8 heteroatoms. The van der Waals surface area contributed by atoms with Gasteiger partial charge in [0.05, 0.1) is 0 Å². The van der Waals surface area contributed by atoms with E-state index in [2.05, 4.69) is 47.9 Å². The summed E-state index contributed by atoms with van der Waals surface area (Å²) in [5.74, 6) is 7.00. The van der Waals surface area contributed by atoms with Crippen molar-refractivity contribution < 1.29 is 4.74 Å². The summed E-state index contributed by atoms with van der Waals surface area (Å²) in [6.45, 7) is 1.88. The largest absolute Gasteiger partial charge is 0.424 e. The first-order valence-corrected chi connectivity index (χ1v) is 7.73. The highest BCUT2D eigenvalue weighted by Crippen LogP contribution is 2.23. The lowest BCUT2D eigenvalue weighted by molar-refractivity contribution is 0.440. The van der Waals surface area contributed by atoms with E-state index in [4.69, 9.17) is 10.6 Å². The Morgan fingerprint density at radius 3 is 2.71 bits per heavy atom. The van der Waals surface area contributed by atoms with E-state index in [9.17, 15) is 0 Å². The molecule has 0 unspecified atom stereocenters. The standard InChI is InChI=1S/C13H15IN6O/c14-9-4-3-5-10(8-9)21-13-17-11(19-15)16-12(18-13)20-6-1-2-7-20/h3-5,8H,1-2,6-7,15H2,(H,16,17,18,19). The van der Waals surface area contributed by atoms with Crippen molar-refractivity contribution in [2.24, 2.45) is 5.84 Å². The molecule has 1 aliphatic rings. The monoisotopic (exact) mass is 398 g/mol. The van der Waals surface area contributed by atoms with E-state index in [0.717, 1.165) is 29.5 Å². The average Bonchev–Trinajstić information content (AvgIpc) is 3.01. The highest BCUT2D eigenvalue weighted by atomic mass is 127. The maximum atomic E-state index is 5.71. The Morgan fingerprint density at radius 2 is 2.00 bits per heavy atom. The normalized spacial score (nSPS) is 14.3. The van der Waals surface area contributed by atoms with Crippen molar-refractivity contribution >= 4 is 34.5 Å². The topological polar surface area (TPSA) is 89.2 Å². The maximum Gasteiger partial charge on any atom is 0.328 e. The van der Waals surface area contributed by atoms with Gasteiger partial charge in [0.1, 0.15) is 5.75 Å². The second kappa shape index (κ2) is 6.39. The van der Waals surface area contributed by atoms with Crippen LogP contribution in [0.15, 0.2) is 24.3 Å².